The van der Waals surface area contributed by atoms with Crippen LogP contribution in [0.4, 0.5) is 5.69 Å². The van der Waals surface area contributed by atoms with Crippen molar-refractivity contribution in [3.63, 3.8) is 0 Å². The molecular formula is C18H20N2O3S. The largest absolute Gasteiger partial charge is 0.506 e. The quantitative estimate of drug-likeness (QED) is 0.896. The molecular weight excluding hydrogens is 324 g/mol. The maximum Gasteiger partial charge on any atom is 0.327 e. The van der Waals surface area contributed by atoms with Crippen LogP contribution >= 0.6 is 0 Å². The zero-order valence-corrected chi connectivity index (χ0v) is 14.5. The maximum atomic E-state index is 11.8. The molecule has 0 bridgehead atoms. The van der Waals surface area contributed by atoms with Gasteiger partial charge in [-0.1, -0.05) is 29.8 Å². The average molecular weight is 344 g/mol. The number of benzene rings is 2. The molecule has 24 heavy (non-hydrogen) atoms. The van der Waals surface area contributed by atoms with E-state index < -0.39 is 10.2 Å². The molecule has 0 unspecified atom stereocenters. The van der Waals surface area contributed by atoms with Crippen molar-refractivity contribution >= 4 is 15.9 Å². The van der Waals surface area contributed by atoms with Crippen LogP contribution in [-0.4, -0.2) is 13.5 Å². The van der Waals surface area contributed by atoms with E-state index in [2.05, 4.69) is 36.8 Å². The minimum atomic E-state index is -3.63. The van der Waals surface area contributed by atoms with E-state index in [4.69, 9.17) is 0 Å². The lowest BCUT2D eigenvalue weighted by molar-refractivity contribution is 0.475. The predicted octanol–water partition coefficient (Wildman–Crippen LogP) is 2.92. The lowest BCUT2D eigenvalue weighted by atomic mass is 9.98. The number of phenolic OH excluding ortho intramolecular Hbond substituents is 1. The molecule has 1 heterocycles. The number of phenols is 1. The molecule has 0 spiro atoms. The molecule has 0 radical (unpaired) electrons. The van der Waals surface area contributed by atoms with Crippen molar-refractivity contribution in [2.75, 3.05) is 4.31 Å². The van der Waals surface area contributed by atoms with Gasteiger partial charge in [-0.2, -0.15) is 8.42 Å². The summed E-state index contributed by atoms with van der Waals surface area (Å²) in [5, 5.41) is 10.2. The predicted molar refractivity (Wildman–Crippen MR) is 95.1 cm³/mol. The SMILES string of the molecule is Cc1ccc(C)c(CCc2ccc(N3C=CNS3(=O)=O)c(O)c2)c1. The van der Waals surface area contributed by atoms with Gasteiger partial charge < -0.3 is 5.11 Å². The van der Waals surface area contributed by atoms with Crippen LogP contribution in [0.5, 0.6) is 5.75 Å². The Hall–Kier alpha value is -2.47. The minimum Gasteiger partial charge on any atom is -0.506 e. The van der Waals surface area contributed by atoms with E-state index in [1.165, 1.54) is 29.1 Å². The summed E-state index contributed by atoms with van der Waals surface area (Å²) >= 11 is 0. The molecule has 0 saturated carbocycles. The van der Waals surface area contributed by atoms with Gasteiger partial charge in [0.25, 0.3) is 0 Å². The zero-order valence-electron chi connectivity index (χ0n) is 13.7. The summed E-state index contributed by atoms with van der Waals surface area (Å²) < 4.78 is 26.9. The fourth-order valence-electron chi connectivity index (χ4n) is 2.79. The molecule has 2 N–H and O–H groups in total. The third-order valence-corrected chi connectivity index (χ3v) is 5.42. The lowest BCUT2D eigenvalue weighted by Crippen LogP contribution is -2.28. The van der Waals surface area contributed by atoms with Crippen LogP contribution in [0.3, 0.4) is 0 Å². The second-order valence-corrected chi connectivity index (χ2v) is 7.57. The number of rotatable bonds is 4. The second kappa shape index (κ2) is 6.20. The maximum absolute atomic E-state index is 11.8. The molecule has 2 aromatic carbocycles. The van der Waals surface area contributed by atoms with Gasteiger partial charge in [-0.05, 0) is 55.5 Å². The van der Waals surface area contributed by atoms with Crippen molar-refractivity contribution in [2.45, 2.75) is 26.7 Å². The Morgan fingerprint density at radius 2 is 1.88 bits per heavy atom. The smallest absolute Gasteiger partial charge is 0.327 e. The molecule has 0 saturated heterocycles. The highest BCUT2D eigenvalue weighted by Gasteiger charge is 2.25. The van der Waals surface area contributed by atoms with E-state index in [0.717, 1.165) is 22.7 Å². The third kappa shape index (κ3) is 3.23. The van der Waals surface area contributed by atoms with Gasteiger partial charge in [-0.15, -0.1) is 0 Å². The molecule has 0 aliphatic carbocycles. The van der Waals surface area contributed by atoms with Crippen molar-refractivity contribution in [1.82, 2.24) is 4.72 Å². The van der Waals surface area contributed by atoms with Crippen LogP contribution in [-0.2, 0) is 23.1 Å². The summed E-state index contributed by atoms with van der Waals surface area (Å²) in [6.07, 6.45) is 4.35. The number of nitrogens with zero attached hydrogens (tertiary/aromatic N) is 1. The van der Waals surface area contributed by atoms with Gasteiger partial charge in [0.1, 0.15) is 5.75 Å². The Morgan fingerprint density at radius 3 is 2.54 bits per heavy atom. The first-order chi connectivity index (χ1) is 11.4. The molecule has 1 aliphatic rings. The van der Waals surface area contributed by atoms with Gasteiger partial charge in [0.05, 0.1) is 5.69 Å². The number of hydrogen-bond donors (Lipinski definition) is 2. The summed E-state index contributed by atoms with van der Waals surface area (Å²) in [4.78, 5) is 0. The van der Waals surface area contributed by atoms with Crippen molar-refractivity contribution < 1.29 is 13.5 Å². The van der Waals surface area contributed by atoms with Gasteiger partial charge in [0.15, 0.2) is 0 Å². The first-order valence-corrected chi connectivity index (χ1v) is 9.17. The Labute approximate surface area is 142 Å². The molecule has 126 valence electrons. The van der Waals surface area contributed by atoms with Crippen molar-refractivity contribution in [2.24, 2.45) is 0 Å². The van der Waals surface area contributed by atoms with Crippen molar-refractivity contribution in [1.29, 1.82) is 0 Å². The molecule has 0 atom stereocenters. The summed E-state index contributed by atoms with van der Waals surface area (Å²) in [5.41, 5.74) is 4.97. The van der Waals surface area contributed by atoms with Gasteiger partial charge >= 0.3 is 10.2 Å². The highest BCUT2D eigenvalue weighted by atomic mass is 32.2. The second-order valence-electron chi connectivity index (χ2n) is 5.99. The number of aryl methyl sites for hydroxylation is 4. The van der Waals surface area contributed by atoms with Crippen LogP contribution < -0.4 is 9.03 Å². The highest BCUT2D eigenvalue weighted by molar-refractivity contribution is 7.91. The average Bonchev–Trinajstić information content (AvgIpc) is 2.87. The van der Waals surface area contributed by atoms with Crippen molar-refractivity contribution in [3.8, 4) is 5.75 Å². The number of nitrogens with one attached hydrogen (secondary N) is 1. The van der Waals surface area contributed by atoms with E-state index in [-0.39, 0.29) is 11.4 Å². The van der Waals surface area contributed by atoms with Crippen LogP contribution in [0.25, 0.3) is 0 Å². The van der Waals surface area contributed by atoms with Gasteiger partial charge in [-0.25, -0.2) is 4.31 Å². The Kier molecular flexibility index (Phi) is 4.24. The molecule has 5 nitrogen and oxygen atoms in total. The Morgan fingerprint density at radius 1 is 1.08 bits per heavy atom. The summed E-state index contributed by atoms with van der Waals surface area (Å²) in [7, 11) is -3.63. The van der Waals surface area contributed by atoms with E-state index in [1.807, 2.05) is 6.07 Å². The van der Waals surface area contributed by atoms with E-state index in [1.54, 1.807) is 12.1 Å². The number of aromatic hydroxyl groups is 1. The lowest BCUT2D eigenvalue weighted by Gasteiger charge is -2.16. The normalized spacial score (nSPS) is 15.5. The standard InChI is InChI=1S/C18H20N2O3S/c1-13-3-4-14(2)16(11-13)7-5-15-6-8-17(18(21)12-15)20-10-9-19-24(20,22)23/h3-4,6,8-12,19,21H,5,7H2,1-2H3. The summed E-state index contributed by atoms with van der Waals surface area (Å²) in [5.74, 6) is -0.0506. The number of anilines is 1. The van der Waals surface area contributed by atoms with Gasteiger partial charge in [-0.3, -0.25) is 4.72 Å². The van der Waals surface area contributed by atoms with Gasteiger partial charge in [0.2, 0.25) is 0 Å². The molecule has 2 aromatic rings. The highest BCUT2D eigenvalue weighted by Crippen LogP contribution is 2.32. The summed E-state index contributed by atoms with van der Waals surface area (Å²) in [6, 6.07) is 11.5. The van der Waals surface area contributed by atoms with Crippen LogP contribution in [0.15, 0.2) is 48.8 Å². The van der Waals surface area contributed by atoms with E-state index in [9.17, 15) is 13.5 Å². The zero-order chi connectivity index (χ0) is 17.3. The fourth-order valence-corrected chi connectivity index (χ4v) is 3.77. The van der Waals surface area contributed by atoms with Crippen molar-refractivity contribution in [3.05, 3.63) is 71.1 Å². The topological polar surface area (TPSA) is 69.6 Å². The van der Waals surface area contributed by atoms with Crippen LogP contribution in [0.1, 0.15) is 22.3 Å². The molecule has 6 heteroatoms. The first-order valence-electron chi connectivity index (χ1n) is 7.73. The monoisotopic (exact) mass is 344 g/mol. The summed E-state index contributed by atoms with van der Waals surface area (Å²) in [6.45, 7) is 4.16. The first kappa shape index (κ1) is 16.4. The van der Waals surface area contributed by atoms with Crippen LogP contribution in [0, 0.1) is 13.8 Å². The molecule has 0 amide bonds. The van der Waals surface area contributed by atoms with Crippen LogP contribution in [0.2, 0.25) is 0 Å². The van der Waals surface area contributed by atoms with E-state index in [0.29, 0.717) is 0 Å². The third-order valence-electron chi connectivity index (χ3n) is 4.15. The Bertz CT molecular complexity index is 904. The Balaban J connectivity index is 1.78. The van der Waals surface area contributed by atoms with Gasteiger partial charge in [0, 0.05) is 12.4 Å². The number of hydrogen-bond acceptors (Lipinski definition) is 3. The molecule has 1 aliphatic heterocycles. The molecule has 3 rings (SSSR count). The molecule has 0 fully saturated rings. The molecule has 0 aromatic heterocycles. The fraction of sp³-hybridized carbons (Fsp3) is 0.222. The van der Waals surface area contributed by atoms with E-state index >= 15 is 0 Å². The minimum absolute atomic E-state index is 0.0506.